The highest BCUT2D eigenvalue weighted by Gasteiger charge is 2.41. The topological polar surface area (TPSA) is 30.5 Å². The molecular weight excluding hydrogens is 674 g/mol. The van der Waals surface area contributed by atoms with Crippen LogP contribution in [0, 0.1) is 13.8 Å². The van der Waals surface area contributed by atoms with E-state index in [1.165, 1.54) is 52.6 Å². The molecular formula is C39H45Br2NO2. The zero-order valence-electron chi connectivity index (χ0n) is 26.0. The van der Waals surface area contributed by atoms with Gasteiger partial charge in [0.25, 0.3) is 0 Å². The van der Waals surface area contributed by atoms with Gasteiger partial charge in [-0.05, 0) is 84.3 Å². The average molecular weight is 720 g/mol. The molecule has 0 saturated heterocycles. The second-order valence-corrected chi connectivity index (χ2v) is 14.2. The highest BCUT2D eigenvalue weighted by Crippen LogP contribution is 2.42. The molecule has 0 aliphatic heterocycles. The van der Waals surface area contributed by atoms with Crippen LogP contribution in [-0.2, 0) is 22.7 Å². The Kier molecular flexibility index (Phi) is 12.3. The van der Waals surface area contributed by atoms with Crippen LogP contribution < -0.4 is 5.32 Å². The van der Waals surface area contributed by atoms with Crippen LogP contribution in [0.3, 0.4) is 0 Å². The number of ether oxygens (including phenoxy) is 2. The first-order valence-corrected chi connectivity index (χ1v) is 17.5. The molecule has 5 heteroatoms. The Hall–Kier alpha value is -2.28. The summed E-state index contributed by atoms with van der Waals surface area (Å²) in [4.78, 5) is 0. The highest BCUT2D eigenvalue weighted by atomic mass is 79.9. The fraction of sp³-hybridized carbons (Fsp3) is 0.385. The van der Waals surface area contributed by atoms with Crippen LogP contribution in [0.15, 0.2) is 106 Å². The van der Waals surface area contributed by atoms with Gasteiger partial charge in [-0.25, -0.2) is 0 Å². The van der Waals surface area contributed by atoms with Crippen molar-refractivity contribution < 1.29 is 9.47 Å². The van der Waals surface area contributed by atoms with Crippen LogP contribution in [-0.4, -0.2) is 25.3 Å². The van der Waals surface area contributed by atoms with Gasteiger partial charge in [-0.15, -0.1) is 0 Å². The lowest BCUT2D eigenvalue weighted by atomic mass is 9.69. The average Bonchev–Trinajstić information content (AvgIpc) is 3.04. The molecule has 0 amide bonds. The quantitative estimate of drug-likeness (QED) is 0.141. The van der Waals surface area contributed by atoms with Gasteiger partial charge in [0, 0.05) is 32.9 Å². The van der Waals surface area contributed by atoms with E-state index in [2.05, 4.69) is 148 Å². The Morgan fingerprint density at radius 3 is 1.68 bits per heavy atom. The number of hydrogen-bond donors (Lipinski definition) is 1. The van der Waals surface area contributed by atoms with Crippen molar-refractivity contribution in [2.24, 2.45) is 0 Å². The monoisotopic (exact) mass is 717 g/mol. The predicted molar refractivity (Wildman–Crippen MR) is 189 cm³/mol. The van der Waals surface area contributed by atoms with E-state index in [-0.39, 0.29) is 17.4 Å². The van der Waals surface area contributed by atoms with Crippen molar-refractivity contribution in [3.8, 4) is 0 Å². The predicted octanol–water partition coefficient (Wildman–Crippen LogP) is 10.4. The van der Waals surface area contributed by atoms with Gasteiger partial charge in [-0.1, -0.05) is 124 Å². The van der Waals surface area contributed by atoms with Gasteiger partial charge in [0.05, 0.1) is 26.4 Å². The van der Waals surface area contributed by atoms with Crippen molar-refractivity contribution in [2.75, 3.05) is 19.8 Å². The van der Waals surface area contributed by atoms with E-state index in [0.717, 1.165) is 28.3 Å². The second kappa shape index (κ2) is 16.3. The third-order valence-electron chi connectivity index (χ3n) is 9.27. The third kappa shape index (κ3) is 8.92. The largest absolute Gasteiger partial charge is 0.376 e. The highest BCUT2D eigenvalue weighted by molar-refractivity contribution is 9.10. The molecule has 232 valence electrons. The van der Waals surface area contributed by atoms with Gasteiger partial charge in [-0.2, -0.15) is 0 Å². The SMILES string of the molecule is Cc1ccccc1C(CNC1(C(COCc2ccc(Br)cc2)c2ccccc2C)CCCCC1)COCc1ccc(Br)cc1. The fourth-order valence-corrected chi connectivity index (χ4v) is 7.29. The van der Waals surface area contributed by atoms with Gasteiger partial charge in [0.1, 0.15) is 0 Å². The van der Waals surface area contributed by atoms with Crippen LogP contribution >= 0.6 is 31.9 Å². The maximum Gasteiger partial charge on any atom is 0.0717 e. The molecule has 1 N–H and O–H groups in total. The van der Waals surface area contributed by atoms with E-state index in [4.69, 9.17) is 9.47 Å². The van der Waals surface area contributed by atoms with E-state index in [0.29, 0.717) is 26.4 Å². The van der Waals surface area contributed by atoms with Crippen molar-refractivity contribution in [3.05, 3.63) is 139 Å². The molecule has 0 radical (unpaired) electrons. The lowest BCUT2D eigenvalue weighted by Gasteiger charge is -2.46. The molecule has 0 aromatic heterocycles. The van der Waals surface area contributed by atoms with Crippen LogP contribution in [0.2, 0.25) is 0 Å². The molecule has 1 saturated carbocycles. The normalized spacial score (nSPS) is 16.0. The summed E-state index contributed by atoms with van der Waals surface area (Å²) < 4.78 is 15.1. The van der Waals surface area contributed by atoms with E-state index in [1.807, 2.05) is 0 Å². The molecule has 4 aromatic carbocycles. The van der Waals surface area contributed by atoms with Gasteiger partial charge < -0.3 is 14.8 Å². The van der Waals surface area contributed by atoms with Crippen molar-refractivity contribution in [3.63, 3.8) is 0 Å². The van der Waals surface area contributed by atoms with Crippen molar-refractivity contribution >= 4 is 31.9 Å². The number of benzene rings is 4. The zero-order chi connectivity index (χ0) is 30.8. The van der Waals surface area contributed by atoms with E-state index < -0.39 is 0 Å². The summed E-state index contributed by atoms with van der Waals surface area (Å²) in [5.41, 5.74) is 7.76. The summed E-state index contributed by atoms with van der Waals surface area (Å²) in [5, 5.41) is 4.23. The summed E-state index contributed by atoms with van der Waals surface area (Å²) in [5.74, 6) is 0.493. The van der Waals surface area contributed by atoms with Gasteiger partial charge in [0.15, 0.2) is 0 Å². The second-order valence-electron chi connectivity index (χ2n) is 12.3. The summed E-state index contributed by atoms with van der Waals surface area (Å²) in [6.45, 7) is 7.90. The number of halogens is 2. The van der Waals surface area contributed by atoms with Crippen molar-refractivity contribution in [1.82, 2.24) is 5.32 Å². The third-order valence-corrected chi connectivity index (χ3v) is 10.3. The Bertz CT molecular complexity index is 1450. The Morgan fingerprint density at radius 2 is 1.14 bits per heavy atom. The van der Waals surface area contributed by atoms with Gasteiger partial charge >= 0.3 is 0 Å². The minimum absolute atomic E-state index is 0.0449. The van der Waals surface area contributed by atoms with Crippen molar-refractivity contribution in [1.29, 1.82) is 0 Å². The number of rotatable bonds is 14. The molecule has 5 rings (SSSR count). The first-order valence-electron chi connectivity index (χ1n) is 15.9. The molecule has 2 unspecified atom stereocenters. The molecule has 1 aliphatic carbocycles. The number of aryl methyl sites for hydroxylation is 2. The molecule has 0 heterocycles. The first kappa shape index (κ1) is 33.1. The van der Waals surface area contributed by atoms with E-state index >= 15 is 0 Å². The summed E-state index contributed by atoms with van der Waals surface area (Å²) in [7, 11) is 0. The first-order chi connectivity index (χ1) is 21.4. The van der Waals surface area contributed by atoms with Crippen LogP contribution in [0.25, 0.3) is 0 Å². The molecule has 0 spiro atoms. The molecule has 2 atom stereocenters. The Labute approximate surface area is 281 Å². The molecule has 3 nitrogen and oxygen atoms in total. The molecule has 4 aromatic rings. The minimum atomic E-state index is -0.0449. The smallest absolute Gasteiger partial charge is 0.0717 e. The van der Waals surface area contributed by atoms with Crippen LogP contribution in [0.5, 0.6) is 0 Å². The molecule has 0 bridgehead atoms. The number of nitrogens with one attached hydrogen (secondary N) is 1. The zero-order valence-corrected chi connectivity index (χ0v) is 29.2. The van der Waals surface area contributed by atoms with Gasteiger partial charge in [0.2, 0.25) is 0 Å². The molecule has 44 heavy (non-hydrogen) atoms. The molecule has 1 aliphatic rings. The minimum Gasteiger partial charge on any atom is -0.376 e. The van der Waals surface area contributed by atoms with Crippen LogP contribution in [0.4, 0.5) is 0 Å². The Balaban J connectivity index is 1.37. The van der Waals surface area contributed by atoms with Gasteiger partial charge in [-0.3, -0.25) is 0 Å². The summed E-state index contributed by atoms with van der Waals surface area (Å²) in [6, 6.07) is 34.6. The maximum absolute atomic E-state index is 6.56. The Morgan fingerprint density at radius 1 is 0.636 bits per heavy atom. The van der Waals surface area contributed by atoms with Crippen molar-refractivity contribution in [2.45, 2.75) is 76.5 Å². The maximum atomic E-state index is 6.56. The van der Waals surface area contributed by atoms with E-state index in [1.54, 1.807) is 0 Å². The summed E-state index contributed by atoms with van der Waals surface area (Å²) in [6.07, 6.45) is 6.05. The lowest BCUT2D eigenvalue weighted by Crippen LogP contribution is -2.54. The lowest BCUT2D eigenvalue weighted by molar-refractivity contribution is 0.0572. The summed E-state index contributed by atoms with van der Waals surface area (Å²) >= 11 is 7.10. The fourth-order valence-electron chi connectivity index (χ4n) is 6.76. The molecule has 1 fully saturated rings. The number of hydrogen-bond acceptors (Lipinski definition) is 3. The van der Waals surface area contributed by atoms with Crippen LogP contribution in [0.1, 0.15) is 77.3 Å². The standard InChI is InChI=1S/C39H45Br2NO2/c1-29-10-4-6-12-36(29)33(27-43-25-31-14-18-34(40)19-15-31)24-42-39(22-8-3-9-23-39)38(37-13-7-5-11-30(37)2)28-44-26-32-16-20-35(41)21-17-32/h4-7,10-21,33,38,42H,3,8-9,22-28H2,1-2H3. The van der Waals surface area contributed by atoms with E-state index in [9.17, 15) is 0 Å².